The van der Waals surface area contributed by atoms with Gasteiger partial charge in [0.1, 0.15) is 0 Å². The van der Waals surface area contributed by atoms with E-state index < -0.39 is 5.97 Å². The second-order valence-electron chi connectivity index (χ2n) is 8.11. The van der Waals surface area contributed by atoms with Crippen molar-refractivity contribution >= 4 is 5.97 Å². The molecule has 0 bridgehead atoms. The molecule has 1 aliphatic heterocycles. The van der Waals surface area contributed by atoms with E-state index in [9.17, 15) is 9.90 Å². The lowest BCUT2D eigenvalue weighted by Crippen LogP contribution is -2.22. The van der Waals surface area contributed by atoms with Crippen LogP contribution >= 0.6 is 0 Å². The summed E-state index contributed by atoms with van der Waals surface area (Å²) < 4.78 is 2.00. The van der Waals surface area contributed by atoms with Crippen LogP contribution in [0.4, 0.5) is 0 Å². The third-order valence-corrected chi connectivity index (χ3v) is 5.64. The largest absolute Gasteiger partial charge is 0.481 e. The zero-order chi connectivity index (χ0) is 20.4. The Bertz CT molecular complexity index is 990. The summed E-state index contributed by atoms with van der Waals surface area (Å²) >= 11 is 0. The maximum absolute atomic E-state index is 11.3. The van der Waals surface area contributed by atoms with E-state index in [0.29, 0.717) is 13.0 Å². The van der Waals surface area contributed by atoms with Crippen LogP contribution in [-0.4, -0.2) is 38.8 Å². The van der Waals surface area contributed by atoms with Crippen molar-refractivity contribution < 1.29 is 9.90 Å². The number of carbonyl (C=O) groups is 1. The van der Waals surface area contributed by atoms with E-state index in [1.54, 1.807) is 0 Å². The Morgan fingerprint density at radius 2 is 1.69 bits per heavy atom. The summed E-state index contributed by atoms with van der Waals surface area (Å²) in [6, 6.07) is 17.0. The molecule has 5 heteroatoms. The van der Waals surface area contributed by atoms with Gasteiger partial charge < -0.3 is 5.11 Å². The second-order valence-corrected chi connectivity index (χ2v) is 8.11. The molecule has 1 fully saturated rings. The zero-order valence-electron chi connectivity index (χ0n) is 17.0. The predicted octanol–water partition coefficient (Wildman–Crippen LogP) is 4.12. The number of likely N-dealkylation sites (tertiary alicyclic amines) is 1. The summed E-state index contributed by atoms with van der Waals surface area (Å²) in [6.07, 6.45) is 2.83. The third kappa shape index (κ3) is 4.57. The van der Waals surface area contributed by atoms with E-state index in [1.807, 2.05) is 4.68 Å². The van der Waals surface area contributed by atoms with Gasteiger partial charge in [0.25, 0.3) is 0 Å². The van der Waals surface area contributed by atoms with Crippen LogP contribution in [0.2, 0.25) is 0 Å². The number of hydrogen-bond acceptors (Lipinski definition) is 3. The van der Waals surface area contributed by atoms with Crippen LogP contribution in [0.1, 0.15) is 28.7 Å². The highest BCUT2D eigenvalue weighted by molar-refractivity contribution is 5.70. The van der Waals surface area contributed by atoms with Crippen LogP contribution < -0.4 is 0 Å². The number of carboxylic acid groups (broad SMARTS) is 1. The van der Waals surface area contributed by atoms with Gasteiger partial charge in [0.05, 0.1) is 18.2 Å². The fourth-order valence-corrected chi connectivity index (χ4v) is 3.91. The van der Waals surface area contributed by atoms with Crippen LogP contribution in [0.25, 0.3) is 11.3 Å². The highest BCUT2D eigenvalue weighted by Gasteiger charge is 2.28. The van der Waals surface area contributed by atoms with Crippen molar-refractivity contribution in [3.05, 3.63) is 77.0 Å². The van der Waals surface area contributed by atoms with Gasteiger partial charge in [-0.15, -0.1) is 0 Å². The molecule has 150 valence electrons. The molecule has 1 aliphatic rings. The minimum Gasteiger partial charge on any atom is -0.481 e. The maximum atomic E-state index is 11.3. The third-order valence-electron chi connectivity index (χ3n) is 5.64. The number of carboxylic acids is 1. The Kier molecular flexibility index (Phi) is 5.49. The Morgan fingerprint density at radius 1 is 1.03 bits per heavy atom. The molecule has 1 saturated heterocycles. The lowest BCUT2D eigenvalue weighted by atomic mass is 10.1. The molecule has 4 rings (SSSR count). The van der Waals surface area contributed by atoms with Crippen LogP contribution in [0, 0.1) is 19.8 Å². The quantitative estimate of drug-likeness (QED) is 0.689. The molecule has 1 unspecified atom stereocenters. The molecule has 2 aromatic carbocycles. The van der Waals surface area contributed by atoms with Gasteiger partial charge in [0.15, 0.2) is 0 Å². The highest BCUT2D eigenvalue weighted by Crippen LogP contribution is 2.26. The predicted molar refractivity (Wildman–Crippen MR) is 114 cm³/mol. The molecule has 0 aliphatic carbocycles. The average molecular weight is 389 g/mol. The summed E-state index contributed by atoms with van der Waals surface area (Å²) in [5, 5.41) is 14.2. The molecule has 1 N–H and O–H groups in total. The van der Waals surface area contributed by atoms with Crippen LogP contribution in [0.15, 0.2) is 54.7 Å². The maximum Gasteiger partial charge on any atom is 0.307 e. The Hall–Kier alpha value is -2.92. The fourth-order valence-electron chi connectivity index (χ4n) is 3.91. The zero-order valence-corrected chi connectivity index (χ0v) is 17.0. The van der Waals surface area contributed by atoms with E-state index in [2.05, 4.69) is 73.5 Å². The number of nitrogens with zero attached hydrogens (tertiary/aromatic N) is 3. The van der Waals surface area contributed by atoms with Gasteiger partial charge in [-0.3, -0.25) is 14.4 Å². The minimum absolute atomic E-state index is 0.263. The molecule has 29 heavy (non-hydrogen) atoms. The monoisotopic (exact) mass is 389 g/mol. The Morgan fingerprint density at radius 3 is 2.31 bits per heavy atom. The number of aromatic nitrogens is 2. The number of rotatable bonds is 6. The summed E-state index contributed by atoms with van der Waals surface area (Å²) in [4.78, 5) is 13.5. The molecule has 1 aromatic heterocycles. The lowest BCUT2D eigenvalue weighted by molar-refractivity contribution is -0.141. The first-order valence-corrected chi connectivity index (χ1v) is 10.1. The molecule has 0 radical (unpaired) electrons. The molecular formula is C24H27N3O2. The van der Waals surface area contributed by atoms with Crippen molar-refractivity contribution in [1.29, 1.82) is 0 Å². The van der Waals surface area contributed by atoms with Gasteiger partial charge in [-0.05, 0) is 32.4 Å². The molecule has 0 saturated carbocycles. The summed E-state index contributed by atoms with van der Waals surface area (Å²) in [6.45, 7) is 7.03. The average Bonchev–Trinajstić information content (AvgIpc) is 3.32. The number of aryl methyl sites for hydroxylation is 2. The molecule has 5 nitrogen and oxygen atoms in total. The lowest BCUT2D eigenvalue weighted by Gasteiger charge is -2.15. The Labute approximate surface area is 171 Å². The van der Waals surface area contributed by atoms with Crippen molar-refractivity contribution in [2.75, 3.05) is 13.1 Å². The summed E-state index contributed by atoms with van der Waals surface area (Å²) in [5.41, 5.74) is 6.91. The number of hydrogen-bond donors (Lipinski definition) is 1. The van der Waals surface area contributed by atoms with Crippen LogP contribution in [0.3, 0.4) is 0 Å². The van der Waals surface area contributed by atoms with Crippen LogP contribution in [0.5, 0.6) is 0 Å². The van der Waals surface area contributed by atoms with Crippen molar-refractivity contribution in [3.63, 3.8) is 0 Å². The topological polar surface area (TPSA) is 58.4 Å². The van der Waals surface area contributed by atoms with Gasteiger partial charge in [-0.25, -0.2) is 0 Å². The van der Waals surface area contributed by atoms with E-state index in [1.165, 1.54) is 16.7 Å². The van der Waals surface area contributed by atoms with Crippen LogP contribution in [-0.2, 0) is 17.9 Å². The normalized spacial score (nSPS) is 17.0. The van der Waals surface area contributed by atoms with E-state index in [4.69, 9.17) is 5.10 Å². The smallest absolute Gasteiger partial charge is 0.307 e. The molecule has 2 heterocycles. The Balaban J connectivity index is 1.60. The van der Waals surface area contributed by atoms with Gasteiger partial charge in [-0.2, -0.15) is 5.10 Å². The molecule has 3 aromatic rings. The van der Waals surface area contributed by atoms with E-state index in [-0.39, 0.29) is 5.92 Å². The molecule has 0 spiro atoms. The number of aliphatic carboxylic acids is 1. The molecular weight excluding hydrogens is 362 g/mol. The highest BCUT2D eigenvalue weighted by atomic mass is 16.4. The van der Waals surface area contributed by atoms with Gasteiger partial charge in [-0.1, -0.05) is 59.7 Å². The van der Waals surface area contributed by atoms with Gasteiger partial charge in [0.2, 0.25) is 0 Å². The summed E-state index contributed by atoms with van der Waals surface area (Å²) in [7, 11) is 0. The SMILES string of the molecule is Cc1ccc(Cn2cc(CN3CCC(C(=O)O)C3)c(-c3ccc(C)cc3)n2)cc1. The molecule has 0 amide bonds. The van der Waals surface area contributed by atoms with Crippen molar-refractivity contribution in [1.82, 2.24) is 14.7 Å². The first-order chi connectivity index (χ1) is 14.0. The van der Waals surface area contributed by atoms with Crippen molar-refractivity contribution in [2.45, 2.75) is 33.4 Å². The molecule has 1 atom stereocenters. The number of benzene rings is 2. The van der Waals surface area contributed by atoms with Gasteiger partial charge in [0, 0.05) is 30.4 Å². The standard InChI is InChI=1S/C24H27N3O2/c1-17-3-7-19(8-4-17)13-27-16-22(15-26-12-11-21(14-26)24(28)29)23(25-27)20-9-5-18(2)6-10-20/h3-10,16,21H,11-15H2,1-2H3,(H,28,29). The van der Waals surface area contributed by atoms with Crippen molar-refractivity contribution in [3.8, 4) is 11.3 Å². The summed E-state index contributed by atoms with van der Waals surface area (Å²) in [5.74, 6) is -0.957. The van der Waals surface area contributed by atoms with Crippen molar-refractivity contribution in [2.24, 2.45) is 5.92 Å². The first-order valence-electron chi connectivity index (χ1n) is 10.1. The van der Waals surface area contributed by atoms with E-state index >= 15 is 0 Å². The minimum atomic E-state index is -0.693. The van der Waals surface area contributed by atoms with E-state index in [0.717, 1.165) is 36.5 Å². The fraction of sp³-hybridized carbons (Fsp3) is 0.333. The second kappa shape index (κ2) is 8.21. The first kappa shape index (κ1) is 19.4. The van der Waals surface area contributed by atoms with Gasteiger partial charge >= 0.3 is 5.97 Å².